The van der Waals surface area contributed by atoms with Gasteiger partial charge in [-0.3, -0.25) is 14.4 Å². The number of carbonyl (C=O) groups excluding carboxylic acids is 3. The second kappa shape index (κ2) is 7.17. The number of rotatable bonds is 4. The quantitative estimate of drug-likeness (QED) is 0.860. The number of nitrogens with one attached hydrogen (secondary N) is 1. The van der Waals surface area contributed by atoms with Gasteiger partial charge in [0.1, 0.15) is 12.4 Å². The van der Waals surface area contributed by atoms with Crippen molar-refractivity contribution in [2.24, 2.45) is 5.73 Å². The molecule has 3 rings (SSSR count). The minimum Gasteiger partial charge on any atom is -0.366 e. The summed E-state index contributed by atoms with van der Waals surface area (Å²) in [6, 6.07) is 9.65. The molecule has 134 valence electrons. The summed E-state index contributed by atoms with van der Waals surface area (Å²) in [6.07, 6.45) is 0. The van der Waals surface area contributed by atoms with Crippen molar-refractivity contribution < 1.29 is 18.8 Å². The van der Waals surface area contributed by atoms with E-state index in [1.807, 2.05) is 12.1 Å². The van der Waals surface area contributed by atoms with Gasteiger partial charge < -0.3 is 16.0 Å². The minimum atomic E-state index is -0.795. The predicted molar refractivity (Wildman–Crippen MR) is 97.8 cm³/mol. The molecule has 0 saturated carbocycles. The fourth-order valence-corrected chi connectivity index (χ4v) is 3.55. The third-order valence-electron chi connectivity index (χ3n) is 4.01. The number of anilines is 2. The Bertz CT molecular complexity index is 917. The summed E-state index contributed by atoms with van der Waals surface area (Å²) in [5.41, 5.74) is 6.14. The van der Waals surface area contributed by atoms with Crippen LogP contribution >= 0.6 is 11.8 Å². The summed E-state index contributed by atoms with van der Waals surface area (Å²) in [4.78, 5) is 38.2. The number of thioether (sulfide) groups is 1. The van der Waals surface area contributed by atoms with Gasteiger partial charge >= 0.3 is 0 Å². The molecule has 1 aliphatic rings. The molecule has 2 aromatic carbocycles. The highest BCUT2D eigenvalue weighted by molar-refractivity contribution is 8.00. The van der Waals surface area contributed by atoms with Crippen molar-refractivity contribution in [1.82, 2.24) is 0 Å². The van der Waals surface area contributed by atoms with Crippen LogP contribution < -0.4 is 16.0 Å². The SMILES string of the molecule is Cc1c(F)cc(C(N)=O)cc1NC(=O)CN1C(=O)CSc2ccccc21. The Morgan fingerprint density at radius 2 is 2.04 bits per heavy atom. The van der Waals surface area contributed by atoms with Crippen LogP contribution in [0.1, 0.15) is 15.9 Å². The third-order valence-corrected chi connectivity index (χ3v) is 5.06. The summed E-state index contributed by atoms with van der Waals surface area (Å²) in [5, 5.41) is 2.56. The number of carbonyl (C=O) groups is 3. The first-order valence-corrected chi connectivity index (χ1v) is 8.77. The number of para-hydroxylation sites is 1. The lowest BCUT2D eigenvalue weighted by molar-refractivity contribution is -0.120. The maximum absolute atomic E-state index is 13.9. The van der Waals surface area contributed by atoms with Gasteiger partial charge in [-0.25, -0.2) is 4.39 Å². The van der Waals surface area contributed by atoms with E-state index >= 15 is 0 Å². The lowest BCUT2D eigenvalue weighted by atomic mass is 10.1. The molecule has 1 heterocycles. The molecule has 1 aliphatic heterocycles. The van der Waals surface area contributed by atoms with Crippen LogP contribution in [-0.4, -0.2) is 30.0 Å². The summed E-state index contributed by atoms with van der Waals surface area (Å²) in [6.45, 7) is 1.27. The molecule has 0 saturated heterocycles. The standard InChI is InChI=1S/C18H16FN3O3S/c1-10-12(19)6-11(18(20)25)7-13(10)21-16(23)8-22-14-4-2-3-5-15(14)26-9-17(22)24/h2-7H,8-9H2,1H3,(H2,20,25)(H,21,23). The van der Waals surface area contributed by atoms with E-state index in [0.717, 1.165) is 11.0 Å². The van der Waals surface area contributed by atoms with Crippen LogP contribution in [0, 0.1) is 12.7 Å². The molecule has 0 fully saturated rings. The smallest absolute Gasteiger partial charge is 0.248 e. The summed E-state index contributed by atoms with van der Waals surface area (Å²) in [7, 11) is 0. The van der Waals surface area contributed by atoms with Crippen molar-refractivity contribution in [2.75, 3.05) is 22.5 Å². The molecule has 3 amide bonds. The molecular formula is C18H16FN3O3S. The Kier molecular flexibility index (Phi) is 4.94. The van der Waals surface area contributed by atoms with Crippen LogP contribution in [0.4, 0.5) is 15.8 Å². The van der Waals surface area contributed by atoms with Crippen LogP contribution in [0.3, 0.4) is 0 Å². The van der Waals surface area contributed by atoms with Crippen LogP contribution in [-0.2, 0) is 9.59 Å². The number of hydrogen-bond acceptors (Lipinski definition) is 4. The van der Waals surface area contributed by atoms with Gasteiger partial charge in [0.15, 0.2) is 0 Å². The Hall–Kier alpha value is -2.87. The van der Waals surface area contributed by atoms with Crippen LogP contribution in [0.15, 0.2) is 41.3 Å². The Morgan fingerprint density at radius 3 is 2.77 bits per heavy atom. The Morgan fingerprint density at radius 1 is 1.31 bits per heavy atom. The number of nitrogens with zero attached hydrogens (tertiary/aromatic N) is 1. The van der Waals surface area contributed by atoms with E-state index in [9.17, 15) is 18.8 Å². The second-order valence-corrected chi connectivity index (χ2v) is 6.80. The van der Waals surface area contributed by atoms with Crippen molar-refractivity contribution in [3.05, 3.63) is 53.3 Å². The van der Waals surface area contributed by atoms with Gasteiger partial charge in [0.25, 0.3) is 0 Å². The predicted octanol–water partition coefficient (Wildman–Crippen LogP) is 2.31. The zero-order valence-electron chi connectivity index (χ0n) is 13.9. The van der Waals surface area contributed by atoms with E-state index in [2.05, 4.69) is 5.32 Å². The maximum atomic E-state index is 13.9. The van der Waals surface area contributed by atoms with Crippen molar-refractivity contribution in [3.8, 4) is 0 Å². The van der Waals surface area contributed by atoms with Crippen molar-refractivity contribution >= 4 is 40.9 Å². The molecule has 0 radical (unpaired) electrons. The summed E-state index contributed by atoms with van der Waals surface area (Å²) in [5.74, 6) is -1.87. The van der Waals surface area contributed by atoms with Gasteiger partial charge in [0, 0.05) is 21.7 Å². The minimum absolute atomic E-state index is 0.0424. The molecule has 3 N–H and O–H groups in total. The molecule has 26 heavy (non-hydrogen) atoms. The van der Waals surface area contributed by atoms with Gasteiger partial charge in [-0.05, 0) is 31.2 Å². The molecule has 0 bridgehead atoms. The summed E-state index contributed by atoms with van der Waals surface area (Å²) >= 11 is 1.42. The molecular weight excluding hydrogens is 357 g/mol. The van der Waals surface area contributed by atoms with E-state index in [1.165, 1.54) is 29.7 Å². The zero-order chi connectivity index (χ0) is 18.8. The molecule has 2 aromatic rings. The van der Waals surface area contributed by atoms with Gasteiger partial charge in [-0.15, -0.1) is 11.8 Å². The largest absolute Gasteiger partial charge is 0.366 e. The molecule has 0 spiro atoms. The topological polar surface area (TPSA) is 92.5 Å². The molecule has 0 atom stereocenters. The number of hydrogen-bond donors (Lipinski definition) is 2. The second-order valence-electron chi connectivity index (χ2n) is 5.78. The number of nitrogens with two attached hydrogens (primary N) is 1. The van der Waals surface area contributed by atoms with Gasteiger partial charge in [0.2, 0.25) is 17.7 Å². The van der Waals surface area contributed by atoms with Crippen molar-refractivity contribution in [3.63, 3.8) is 0 Å². The fourth-order valence-electron chi connectivity index (χ4n) is 2.61. The average Bonchev–Trinajstić information content (AvgIpc) is 2.61. The van der Waals surface area contributed by atoms with Crippen molar-refractivity contribution in [2.45, 2.75) is 11.8 Å². The number of primary amides is 1. The summed E-state index contributed by atoms with van der Waals surface area (Å²) < 4.78 is 13.9. The lowest BCUT2D eigenvalue weighted by Crippen LogP contribution is -2.41. The monoisotopic (exact) mass is 373 g/mol. The van der Waals surface area contributed by atoms with E-state index < -0.39 is 17.6 Å². The molecule has 8 heteroatoms. The first-order valence-electron chi connectivity index (χ1n) is 7.79. The highest BCUT2D eigenvalue weighted by atomic mass is 32.2. The Labute approximate surface area is 153 Å². The number of halogens is 1. The molecule has 0 aromatic heterocycles. The molecule has 6 nitrogen and oxygen atoms in total. The first-order chi connectivity index (χ1) is 12.4. The number of fused-ring (bicyclic) bond motifs is 1. The number of amides is 3. The zero-order valence-corrected chi connectivity index (χ0v) is 14.7. The molecule has 0 aliphatic carbocycles. The van der Waals surface area contributed by atoms with Crippen LogP contribution in [0.5, 0.6) is 0 Å². The third kappa shape index (κ3) is 3.55. The lowest BCUT2D eigenvalue weighted by Gasteiger charge is -2.28. The molecule has 0 unspecified atom stereocenters. The first kappa shape index (κ1) is 17.9. The van der Waals surface area contributed by atoms with Crippen molar-refractivity contribution in [1.29, 1.82) is 0 Å². The van der Waals surface area contributed by atoms with Gasteiger partial charge in [-0.2, -0.15) is 0 Å². The van der Waals surface area contributed by atoms with Crippen LogP contribution in [0.25, 0.3) is 0 Å². The highest BCUT2D eigenvalue weighted by Gasteiger charge is 2.26. The Balaban J connectivity index is 1.82. The van der Waals surface area contributed by atoms with Gasteiger partial charge in [-0.1, -0.05) is 12.1 Å². The van der Waals surface area contributed by atoms with Gasteiger partial charge in [0.05, 0.1) is 11.4 Å². The van der Waals surface area contributed by atoms with Crippen LogP contribution in [0.2, 0.25) is 0 Å². The average molecular weight is 373 g/mol. The maximum Gasteiger partial charge on any atom is 0.248 e. The van der Waals surface area contributed by atoms with E-state index in [0.29, 0.717) is 5.69 Å². The van der Waals surface area contributed by atoms with E-state index in [1.54, 1.807) is 12.1 Å². The highest BCUT2D eigenvalue weighted by Crippen LogP contribution is 2.34. The fraction of sp³-hybridized carbons (Fsp3) is 0.167. The van der Waals surface area contributed by atoms with E-state index in [4.69, 9.17) is 5.73 Å². The van der Waals surface area contributed by atoms with E-state index in [-0.39, 0.29) is 35.0 Å². The number of benzene rings is 2. The normalized spacial score (nSPS) is 13.3.